The van der Waals surface area contributed by atoms with E-state index in [1.807, 2.05) is 48.5 Å². The SMILES string of the molecule is C#CCCCNC(=O)c1cc2ccccc2c(-c2ccccc2Cl)n1. The summed E-state index contributed by atoms with van der Waals surface area (Å²) in [5.74, 6) is 2.35. The maximum Gasteiger partial charge on any atom is 0.269 e. The van der Waals surface area contributed by atoms with Crippen molar-refractivity contribution in [1.82, 2.24) is 10.3 Å². The lowest BCUT2D eigenvalue weighted by Gasteiger charge is -2.11. The molecule has 0 fully saturated rings. The standard InChI is InChI=1S/C21H17ClN2O/c1-2-3-8-13-23-21(25)19-14-15-9-4-5-10-16(15)20(24-19)17-11-6-7-12-18(17)22/h1,4-7,9-12,14H,3,8,13H2,(H,23,25). The van der Waals surface area contributed by atoms with E-state index in [0.29, 0.717) is 29.4 Å². The van der Waals surface area contributed by atoms with Crippen LogP contribution in [0.2, 0.25) is 5.02 Å². The molecule has 1 amide bonds. The summed E-state index contributed by atoms with van der Waals surface area (Å²) >= 11 is 6.35. The molecule has 25 heavy (non-hydrogen) atoms. The number of nitrogens with one attached hydrogen (secondary N) is 1. The normalized spacial score (nSPS) is 10.4. The van der Waals surface area contributed by atoms with Crippen molar-refractivity contribution < 1.29 is 4.79 Å². The second-order valence-corrected chi connectivity index (χ2v) is 6.03. The van der Waals surface area contributed by atoms with Gasteiger partial charge in [0.2, 0.25) is 0 Å². The third-order valence-electron chi connectivity index (χ3n) is 3.89. The Bertz CT molecular complexity index is 960. The first-order valence-corrected chi connectivity index (χ1v) is 8.45. The summed E-state index contributed by atoms with van der Waals surface area (Å²) in [5, 5.41) is 5.37. The van der Waals surface area contributed by atoms with E-state index in [4.69, 9.17) is 18.0 Å². The number of hydrogen-bond acceptors (Lipinski definition) is 2. The first kappa shape index (κ1) is 17.0. The number of carbonyl (C=O) groups is 1. The minimum absolute atomic E-state index is 0.212. The fourth-order valence-corrected chi connectivity index (χ4v) is 2.88. The zero-order valence-corrected chi connectivity index (χ0v) is 14.4. The predicted molar refractivity (Wildman–Crippen MR) is 103 cm³/mol. The molecule has 0 aliphatic rings. The number of hydrogen-bond donors (Lipinski definition) is 1. The number of unbranched alkanes of at least 4 members (excludes halogenated alkanes) is 1. The van der Waals surface area contributed by atoms with Crippen LogP contribution < -0.4 is 5.32 Å². The summed E-state index contributed by atoms with van der Waals surface area (Å²) in [5.41, 5.74) is 1.88. The van der Waals surface area contributed by atoms with E-state index in [0.717, 1.165) is 22.8 Å². The number of fused-ring (bicyclic) bond motifs is 1. The van der Waals surface area contributed by atoms with Gasteiger partial charge >= 0.3 is 0 Å². The number of amides is 1. The van der Waals surface area contributed by atoms with E-state index in [-0.39, 0.29) is 5.91 Å². The van der Waals surface area contributed by atoms with E-state index in [1.165, 1.54) is 0 Å². The van der Waals surface area contributed by atoms with Crippen LogP contribution in [0, 0.1) is 12.3 Å². The van der Waals surface area contributed by atoms with Crippen molar-refractivity contribution in [2.45, 2.75) is 12.8 Å². The van der Waals surface area contributed by atoms with Crippen molar-refractivity contribution in [1.29, 1.82) is 0 Å². The summed E-state index contributed by atoms with van der Waals surface area (Å²) in [4.78, 5) is 17.1. The lowest BCUT2D eigenvalue weighted by atomic mass is 10.0. The van der Waals surface area contributed by atoms with Gasteiger partial charge in [-0.2, -0.15) is 0 Å². The zero-order chi connectivity index (χ0) is 17.6. The average Bonchev–Trinajstić information content (AvgIpc) is 2.64. The van der Waals surface area contributed by atoms with Gasteiger partial charge in [-0.1, -0.05) is 54.1 Å². The van der Waals surface area contributed by atoms with Crippen LogP contribution in [0.1, 0.15) is 23.3 Å². The number of pyridine rings is 1. The second kappa shape index (κ2) is 7.83. The molecule has 1 aromatic heterocycles. The van der Waals surface area contributed by atoms with E-state index in [2.05, 4.69) is 16.2 Å². The van der Waals surface area contributed by atoms with Gasteiger partial charge in [0, 0.05) is 28.9 Å². The van der Waals surface area contributed by atoms with Gasteiger partial charge in [0.05, 0.1) is 5.69 Å². The van der Waals surface area contributed by atoms with E-state index < -0.39 is 0 Å². The zero-order valence-electron chi connectivity index (χ0n) is 13.6. The summed E-state index contributed by atoms with van der Waals surface area (Å²) in [6.45, 7) is 0.527. The minimum atomic E-state index is -0.212. The van der Waals surface area contributed by atoms with Crippen LogP contribution in [0.25, 0.3) is 22.0 Å². The smallest absolute Gasteiger partial charge is 0.269 e. The van der Waals surface area contributed by atoms with Gasteiger partial charge in [0.1, 0.15) is 5.69 Å². The van der Waals surface area contributed by atoms with Crippen LogP contribution >= 0.6 is 11.6 Å². The Kier molecular flexibility index (Phi) is 5.33. The highest BCUT2D eigenvalue weighted by Gasteiger charge is 2.14. The molecular formula is C21H17ClN2O. The number of halogens is 1. The number of aromatic nitrogens is 1. The topological polar surface area (TPSA) is 42.0 Å². The molecule has 3 aromatic rings. The summed E-state index contributed by atoms with van der Waals surface area (Å²) < 4.78 is 0. The summed E-state index contributed by atoms with van der Waals surface area (Å²) in [6, 6.07) is 17.1. The molecule has 0 saturated heterocycles. The molecule has 0 atom stereocenters. The van der Waals surface area contributed by atoms with E-state index in [9.17, 15) is 4.79 Å². The van der Waals surface area contributed by atoms with Gasteiger partial charge in [0.15, 0.2) is 0 Å². The van der Waals surface area contributed by atoms with Gasteiger partial charge in [0.25, 0.3) is 5.91 Å². The second-order valence-electron chi connectivity index (χ2n) is 5.62. The van der Waals surface area contributed by atoms with Crippen LogP contribution in [0.15, 0.2) is 54.6 Å². The molecule has 0 spiro atoms. The van der Waals surface area contributed by atoms with Crippen molar-refractivity contribution in [2.24, 2.45) is 0 Å². The van der Waals surface area contributed by atoms with Crippen LogP contribution in [0.5, 0.6) is 0 Å². The first-order valence-electron chi connectivity index (χ1n) is 8.07. The first-order chi connectivity index (χ1) is 12.2. The van der Waals surface area contributed by atoms with Crippen molar-refractivity contribution in [3.8, 4) is 23.6 Å². The third kappa shape index (κ3) is 3.81. The molecule has 0 unspecified atom stereocenters. The molecule has 2 aromatic carbocycles. The van der Waals surface area contributed by atoms with Crippen LogP contribution in [-0.4, -0.2) is 17.4 Å². The molecule has 0 aliphatic carbocycles. The van der Waals surface area contributed by atoms with Gasteiger partial charge in [-0.05, 0) is 23.9 Å². The van der Waals surface area contributed by atoms with Gasteiger partial charge < -0.3 is 5.32 Å². The lowest BCUT2D eigenvalue weighted by molar-refractivity contribution is 0.0948. The number of rotatable bonds is 5. The fraction of sp³-hybridized carbons (Fsp3) is 0.143. The molecule has 1 N–H and O–H groups in total. The molecule has 3 rings (SSSR count). The molecule has 0 radical (unpaired) electrons. The number of benzene rings is 2. The predicted octanol–water partition coefficient (Wildman–Crippen LogP) is 4.70. The number of terminal acetylenes is 1. The Morgan fingerprint density at radius 1 is 1.16 bits per heavy atom. The molecule has 0 saturated carbocycles. The molecule has 124 valence electrons. The van der Waals surface area contributed by atoms with Crippen LogP contribution in [-0.2, 0) is 0 Å². The molecule has 3 nitrogen and oxygen atoms in total. The molecular weight excluding hydrogens is 332 g/mol. The minimum Gasteiger partial charge on any atom is -0.351 e. The molecule has 0 bridgehead atoms. The fourth-order valence-electron chi connectivity index (χ4n) is 2.66. The summed E-state index contributed by atoms with van der Waals surface area (Å²) in [6.07, 6.45) is 6.61. The Labute approximate surface area is 152 Å². The van der Waals surface area contributed by atoms with Gasteiger partial charge in [-0.25, -0.2) is 4.98 Å². The largest absolute Gasteiger partial charge is 0.351 e. The Morgan fingerprint density at radius 2 is 1.92 bits per heavy atom. The van der Waals surface area contributed by atoms with Crippen molar-refractivity contribution >= 4 is 28.3 Å². The molecule has 0 aliphatic heterocycles. The Balaban J connectivity index is 2.03. The Hall–Kier alpha value is -2.83. The highest BCUT2D eigenvalue weighted by molar-refractivity contribution is 6.33. The highest BCUT2D eigenvalue weighted by Crippen LogP contribution is 2.32. The summed E-state index contributed by atoms with van der Waals surface area (Å²) in [7, 11) is 0. The Morgan fingerprint density at radius 3 is 2.72 bits per heavy atom. The lowest BCUT2D eigenvalue weighted by Crippen LogP contribution is -2.25. The molecule has 1 heterocycles. The maximum atomic E-state index is 12.5. The average molecular weight is 349 g/mol. The number of carbonyl (C=O) groups excluding carboxylic acids is 1. The van der Waals surface area contributed by atoms with Gasteiger partial charge in [-0.15, -0.1) is 12.3 Å². The monoisotopic (exact) mass is 348 g/mol. The van der Waals surface area contributed by atoms with Crippen molar-refractivity contribution in [3.05, 3.63) is 65.3 Å². The van der Waals surface area contributed by atoms with Crippen LogP contribution in [0.3, 0.4) is 0 Å². The number of nitrogens with zero attached hydrogens (tertiary/aromatic N) is 1. The van der Waals surface area contributed by atoms with E-state index >= 15 is 0 Å². The van der Waals surface area contributed by atoms with Crippen molar-refractivity contribution in [3.63, 3.8) is 0 Å². The van der Waals surface area contributed by atoms with Gasteiger partial charge in [-0.3, -0.25) is 4.79 Å². The van der Waals surface area contributed by atoms with Crippen LogP contribution in [0.4, 0.5) is 0 Å². The molecule has 4 heteroatoms. The highest BCUT2D eigenvalue weighted by atomic mass is 35.5. The third-order valence-corrected chi connectivity index (χ3v) is 4.22. The van der Waals surface area contributed by atoms with E-state index in [1.54, 1.807) is 6.07 Å². The quantitative estimate of drug-likeness (QED) is 0.536. The van der Waals surface area contributed by atoms with Crippen molar-refractivity contribution in [2.75, 3.05) is 6.54 Å². The maximum absolute atomic E-state index is 12.5.